The Labute approximate surface area is 161 Å². The number of nitrogens with zero attached hydrogens (tertiary/aromatic N) is 2. The Morgan fingerprint density at radius 2 is 1.89 bits per heavy atom. The summed E-state index contributed by atoms with van der Waals surface area (Å²) in [7, 11) is 0. The van der Waals surface area contributed by atoms with Crippen molar-refractivity contribution in [3.8, 4) is 17.4 Å². The van der Waals surface area contributed by atoms with E-state index in [1.807, 2.05) is 18.2 Å². The van der Waals surface area contributed by atoms with Crippen molar-refractivity contribution in [3.63, 3.8) is 0 Å². The maximum absolute atomic E-state index is 12.3. The molecule has 2 aromatic rings. The van der Waals surface area contributed by atoms with Crippen molar-refractivity contribution in [3.05, 3.63) is 50.2 Å². The van der Waals surface area contributed by atoms with Crippen LogP contribution in [0.1, 0.15) is 55.7 Å². The lowest BCUT2D eigenvalue weighted by Crippen LogP contribution is -2.34. The summed E-state index contributed by atoms with van der Waals surface area (Å²) < 4.78 is 11.9. The van der Waals surface area contributed by atoms with Gasteiger partial charge in [-0.3, -0.25) is 19.3 Å². The largest absolute Gasteiger partial charge is 0.494 e. The van der Waals surface area contributed by atoms with E-state index in [1.54, 1.807) is 0 Å². The van der Waals surface area contributed by atoms with Crippen LogP contribution in [0.5, 0.6) is 17.4 Å². The molecule has 1 aromatic carbocycles. The van der Waals surface area contributed by atoms with Gasteiger partial charge in [0, 0.05) is 12.3 Å². The molecule has 0 saturated heterocycles. The highest BCUT2D eigenvalue weighted by molar-refractivity contribution is 5.81. The predicted octanol–water partition coefficient (Wildman–Crippen LogP) is 2.49. The third-order valence-corrected chi connectivity index (χ3v) is 5.27. The zero-order valence-corrected chi connectivity index (χ0v) is 15.5. The molecular formula is C20H23N3O5. The Hall–Kier alpha value is -3.03. The van der Waals surface area contributed by atoms with Gasteiger partial charge < -0.3 is 14.6 Å². The zero-order valence-electron chi connectivity index (χ0n) is 15.5. The molecule has 0 spiro atoms. The lowest BCUT2D eigenvalue weighted by molar-refractivity contribution is 0.174. The number of H-pyrrole nitrogens is 1. The van der Waals surface area contributed by atoms with Crippen LogP contribution in [0.25, 0.3) is 0 Å². The van der Waals surface area contributed by atoms with Crippen LogP contribution >= 0.6 is 0 Å². The lowest BCUT2D eigenvalue weighted by atomic mass is 10.1. The second-order valence-corrected chi connectivity index (χ2v) is 7.17. The molecule has 8 heteroatoms. The van der Waals surface area contributed by atoms with E-state index < -0.39 is 11.2 Å². The maximum Gasteiger partial charge on any atom is 0.331 e. The average molecular weight is 385 g/mol. The van der Waals surface area contributed by atoms with E-state index in [4.69, 9.17) is 9.47 Å². The number of fused-ring (bicyclic) bond motifs is 1. The number of aromatic hydroxyl groups is 1. The van der Waals surface area contributed by atoms with Crippen LogP contribution in [-0.4, -0.2) is 27.7 Å². The molecule has 2 N–H and O–H groups in total. The van der Waals surface area contributed by atoms with Gasteiger partial charge in [0.1, 0.15) is 5.56 Å². The minimum absolute atomic E-state index is 0.00425. The number of ether oxygens (including phenoxy) is 2. The molecule has 0 amide bonds. The van der Waals surface area contributed by atoms with Crippen molar-refractivity contribution in [2.24, 2.45) is 4.99 Å². The fourth-order valence-electron chi connectivity index (χ4n) is 3.80. The first-order valence-corrected chi connectivity index (χ1v) is 9.59. The summed E-state index contributed by atoms with van der Waals surface area (Å²) >= 11 is 0. The Bertz CT molecular complexity index is 1000. The van der Waals surface area contributed by atoms with Crippen LogP contribution in [0.4, 0.5) is 0 Å². The summed E-state index contributed by atoms with van der Waals surface area (Å²) in [5, 5.41) is 10.6. The van der Waals surface area contributed by atoms with Crippen LogP contribution in [0, 0.1) is 0 Å². The van der Waals surface area contributed by atoms with E-state index in [0.717, 1.165) is 44.1 Å². The summed E-state index contributed by atoms with van der Waals surface area (Å²) in [5.41, 5.74) is -0.317. The molecule has 0 radical (unpaired) electrons. The second kappa shape index (κ2) is 7.92. The molecule has 28 heavy (non-hydrogen) atoms. The van der Waals surface area contributed by atoms with Crippen molar-refractivity contribution in [2.75, 3.05) is 6.79 Å². The highest BCUT2D eigenvalue weighted by atomic mass is 16.7. The fourth-order valence-corrected chi connectivity index (χ4v) is 3.80. The molecule has 1 fully saturated rings. The highest BCUT2D eigenvalue weighted by Crippen LogP contribution is 2.32. The second-order valence-electron chi connectivity index (χ2n) is 7.17. The predicted molar refractivity (Wildman–Crippen MR) is 104 cm³/mol. The Morgan fingerprint density at radius 3 is 2.68 bits per heavy atom. The molecule has 0 unspecified atom stereocenters. The third kappa shape index (κ3) is 3.67. The average Bonchev–Trinajstić information content (AvgIpc) is 2.98. The van der Waals surface area contributed by atoms with Gasteiger partial charge in [-0.05, 0) is 30.5 Å². The third-order valence-electron chi connectivity index (χ3n) is 5.27. The first-order valence-electron chi connectivity index (χ1n) is 9.59. The smallest absolute Gasteiger partial charge is 0.331 e. The van der Waals surface area contributed by atoms with Gasteiger partial charge in [-0.2, -0.15) is 0 Å². The molecule has 8 nitrogen and oxygen atoms in total. The molecular weight excluding hydrogens is 362 g/mol. The van der Waals surface area contributed by atoms with Crippen molar-refractivity contribution in [1.82, 2.24) is 9.55 Å². The number of nitrogens with one attached hydrogen (secondary N) is 1. The van der Waals surface area contributed by atoms with Gasteiger partial charge in [0.2, 0.25) is 12.7 Å². The normalized spacial score (nSPS) is 17.1. The van der Waals surface area contributed by atoms with Gasteiger partial charge in [-0.15, -0.1) is 0 Å². The SMILES string of the molecule is O=c1[nH]c(=O)n(C2CCCCCC2)c(O)c1C=NCc1ccc2c(c1)OCO2. The standard InChI is InChI=1S/C20H23N3O5/c24-18-15(11-21-10-13-7-8-16-17(9-13)28-12-27-16)19(25)23(20(26)22-18)14-5-3-1-2-4-6-14/h7-9,11,14,25H,1-6,10,12H2,(H,22,24,26). The van der Waals surface area contributed by atoms with E-state index in [2.05, 4.69) is 9.98 Å². The number of rotatable bonds is 4. The molecule has 148 valence electrons. The minimum Gasteiger partial charge on any atom is -0.494 e. The minimum atomic E-state index is -0.637. The topological polar surface area (TPSA) is 106 Å². The van der Waals surface area contributed by atoms with Crippen LogP contribution in [0.2, 0.25) is 0 Å². The van der Waals surface area contributed by atoms with E-state index in [0.29, 0.717) is 18.0 Å². The van der Waals surface area contributed by atoms with Gasteiger partial charge in [-0.1, -0.05) is 31.7 Å². The molecule has 0 atom stereocenters. The maximum atomic E-state index is 12.3. The number of benzene rings is 1. The monoisotopic (exact) mass is 385 g/mol. The quantitative estimate of drug-likeness (QED) is 0.621. The molecule has 1 aliphatic heterocycles. The molecule has 2 aliphatic rings. The number of hydrogen-bond donors (Lipinski definition) is 2. The van der Waals surface area contributed by atoms with E-state index >= 15 is 0 Å². The summed E-state index contributed by atoms with van der Waals surface area (Å²) in [4.78, 5) is 31.1. The molecule has 4 rings (SSSR count). The Balaban J connectivity index is 1.58. The molecule has 1 aromatic heterocycles. The van der Waals surface area contributed by atoms with E-state index in [9.17, 15) is 14.7 Å². The number of aromatic nitrogens is 2. The van der Waals surface area contributed by atoms with Crippen molar-refractivity contribution < 1.29 is 14.6 Å². The van der Waals surface area contributed by atoms with E-state index in [-0.39, 0.29) is 24.3 Å². The lowest BCUT2D eigenvalue weighted by Gasteiger charge is -2.19. The summed E-state index contributed by atoms with van der Waals surface area (Å²) in [5.74, 6) is 1.04. The highest BCUT2D eigenvalue weighted by Gasteiger charge is 2.21. The van der Waals surface area contributed by atoms with Crippen molar-refractivity contribution in [2.45, 2.75) is 51.1 Å². The zero-order chi connectivity index (χ0) is 19.5. The van der Waals surface area contributed by atoms with Gasteiger partial charge in [0.15, 0.2) is 11.5 Å². The number of aliphatic imine (C=N–C) groups is 1. The number of aromatic amines is 1. The fraction of sp³-hybridized carbons (Fsp3) is 0.450. The molecule has 0 bridgehead atoms. The summed E-state index contributed by atoms with van der Waals surface area (Å²) in [6.45, 7) is 0.506. The first-order chi connectivity index (χ1) is 13.6. The van der Waals surface area contributed by atoms with Crippen LogP contribution < -0.4 is 20.7 Å². The number of hydrogen-bond acceptors (Lipinski definition) is 6. The van der Waals surface area contributed by atoms with Gasteiger partial charge in [0.05, 0.1) is 6.54 Å². The van der Waals surface area contributed by atoms with Gasteiger partial charge >= 0.3 is 5.69 Å². The van der Waals surface area contributed by atoms with E-state index in [1.165, 1.54) is 10.8 Å². The van der Waals surface area contributed by atoms with Crippen molar-refractivity contribution in [1.29, 1.82) is 0 Å². The molecule has 2 heterocycles. The summed E-state index contributed by atoms with van der Waals surface area (Å²) in [6.07, 6.45) is 7.21. The Kier molecular flexibility index (Phi) is 5.18. The molecule has 1 saturated carbocycles. The molecule has 1 aliphatic carbocycles. The van der Waals surface area contributed by atoms with Crippen LogP contribution in [-0.2, 0) is 6.54 Å². The van der Waals surface area contributed by atoms with Crippen molar-refractivity contribution >= 4 is 6.21 Å². The summed E-state index contributed by atoms with van der Waals surface area (Å²) in [6, 6.07) is 5.40. The first kappa shape index (κ1) is 18.3. The van der Waals surface area contributed by atoms with Crippen LogP contribution in [0.15, 0.2) is 32.8 Å². The van der Waals surface area contributed by atoms with Gasteiger partial charge in [0.25, 0.3) is 5.56 Å². The Morgan fingerprint density at radius 1 is 1.14 bits per heavy atom. The van der Waals surface area contributed by atoms with Crippen LogP contribution in [0.3, 0.4) is 0 Å². The van der Waals surface area contributed by atoms with Gasteiger partial charge in [-0.25, -0.2) is 4.79 Å².